The van der Waals surface area contributed by atoms with Crippen LogP contribution in [0, 0.1) is 12.7 Å². The van der Waals surface area contributed by atoms with Gasteiger partial charge in [-0.15, -0.1) is 11.8 Å². The van der Waals surface area contributed by atoms with Crippen molar-refractivity contribution in [1.82, 2.24) is 41.0 Å². The van der Waals surface area contributed by atoms with Gasteiger partial charge in [-0.3, -0.25) is 43.3 Å². The highest BCUT2D eigenvalue weighted by Crippen LogP contribution is 2.39. The Bertz CT molecular complexity index is 2510. The molecule has 0 aliphatic carbocycles. The number of fused-ring (bicyclic) bond motifs is 5. The summed E-state index contributed by atoms with van der Waals surface area (Å²) in [6, 6.07) is 1.65. The normalized spacial score (nSPS) is 16.3. The molecule has 0 saturated heterocycles. The van der Waals surface area contributed by atoms with Crippen molar-refractivity contribution >= 4 is 81.7 Å². The highest BCUT2D eigenvalue weighted by molar-refractivity contribution is 7.99. The molecule has 5 heterocycles. The summed E-state index contributed by atoms with van der Waals surface area (Å²) < 4.78 is 21.3. The average molecular weight is 923 g/mol. The summed E-state index contributed by atoms with van der Waals surface area (Å²) in [5.41, 5.74) is 3.55. The summed E-state index contributed by atoms with van der Waals surface area (Å²) in [7, 11) is 0. The fourth-order valence-electron chi connectivity index (χ4n) is 7.09. The molecule has 3 aromatic rings. The molecule has 0 bridgehead atoms. The number of thioether (sulfide) groups is 2. The third-order valence-electron chi connectivity index (χ3n) is 10.7. The third-order valence-corrected chi connectivity index (χ3v) is 12.7. The first-order valence-electron chi connectivity index (χ1n) is 20.3. The molecule has 0 spiro atoms. The van der Waals surface area contributed by atoms with E-state index in [1.165, 1.54) is 38.6 Å². The Labute approximate surface area is 374 Å². The Hall–Kier alpha value is -6.13. The zero-order valence-electron chi connectivity index (χ0n) is 35.3. The lowest BCUT2D eigenvalue weighted by Gasteiger charge is -2.21. The molecule has 0 fully saturated rings. The number of carbonyl (C=O) groups is 8. The second-order valence-corrected chi connectivity index (χ2v) is 17.5. The minimum Gasteiger partial charge on any atom is -0.458 e. The predicted molar refractivity (Wildman–Crippen MR) is 233 cm³/mol. The first-order valence-corrected chi connectivity index (χ1v) is 22.6. The average Bonchev–Trinajstić information content (AvgIpc) is 3.79. The van der Waals surface area contributed by atoms with Gasteiger partial charge in [0.2, 0.25) is 29.5 Å². The maximum Gasteiger partial charge on any atom is 0.340 e. The number of nitrogens with zero attached hydrogens (tertiary/aromatic N) is 3. The monoisotopic (exact) mass is 922 g/mol. The number of hydrogen-bond donors (Lipinski definition) is 6. The molecule has 3 aliphatic rings. The molecule has 340 valence electrons. The molecule has 1 aromatic carbocycles. The number of aliphatic hydroxyl groups excluding tert-OH is 1. The van der Waals surface area contributed by atoms with E-state index in [1.807, 2.05) is 0 Å². The van der Waals surface area contributed by atoms with Crippen LogP contribution in [0.5, 0.6) is 0 Å². The summed E-state index contributed by atoms with van der Waals surface area (Å²) in [4.78, 5) is 117. The first-order chi connectivity index (χ1) is 30.4. The van der Waals surface area contributed by atoms with Crippen LogP contribution in [-0.4, -0.2) is 115 Å². The van der Waals surface area contributed by atoms with Crippen LogP contribution in [0.2, 0.25) is 0 Å². The van der Waals surface area contributed by atoms with Crippen LogP contribution < -0.4 is 32.1 Å². The number of rotatable bonds is 19. The Kier molecular flexibility index (Phi) is 15.2. The van der Waals surface area contributed by atoms with E-state index in [0.29, 0.717) is 34.0 Å². The van der Waals surface area contributed by atoms with Gasteiger partial charge in [-0.25, -0.2) is 14.2 Å². The molecule has 7 amide bonds. The molecule has 22 heteroatoms. The van der Waals surface area contributed by atoms with Crippen LogP contribution in [-0.2, 0) is 62.0 Å². The second kappa shape index (κ2) is 20.6. The van der Waals surface area contributed by atoms with Gasteiger partial charge >= 0.3 is 5.97 Å². The fraction of sp³-hybridized carbons (Fsp3) is 0.429. The predicted octanol–water partition coefficient (Wildman–Crippen LogP) is 0.339. The van der Waals surface area contributed by atoms with Crippen molar-refractivity contribution in [2.24, 2.45) is 0 Å². The minimum absolute atomic E-state index is 0.150. The maximum absolute atomic E-state index is 14.8. The van der Waals surface area contributed by atoms with E-state index in [2.05, 4.69) is 26.6 Å². The van der Waals surface area contributed by atoms with Crippen LogP contribution >= 0.6 is 23.5 Å². The number of aromatic nitrogens is 2. The molecule has 0 radical (unpaired) electrons. The number of imide groups is 1. The van der Waals surface area contributed by atoms with Crippen molar-refractivity contribution in [3.8, 4) is 11.4 Å². The van der Waals surface area contributed by atoms with Crippen LogP contribution in [0.15, 0.2) is 35.1 Å². The van der Waals surface area contributed by atoms with Gasteiger partial charge in [0.15, 0.2) is 6.10 Å². The van der Waals surface area contributed by atoms with E-state index in [0.717, 1.165) is 45.7 Å². The van der Waals surface area contributed by atoms with Gasteiger partial charge in [0.05, 0.1) is 41.4 Å². The topological polar surface area (TPSA) is 264 Å². The minimum atomic E-state index is -1.59. The molecule has 3 aliphatic heterocycles. The highest BCUT2D eigenvalue weighted by Gasteiger charge is 2.35. The van der Waals surface area contributed by atoms with E-state index in [1.54, 1.807) is 35.4 Å². The van der Waals surface area contributed by atoms with Crippen LogP contribution in [0.25, 0.3) is 22.3 Å². The molecule has 2 aromatic heterocycles. The summed E-state index contributed by atoms with van der Waals surface area (Å²) in [6.45, 7) is 5.33. The molecule has 6 rings (SSSR count). The highest BCUT2D eigenvalue weighted by atomic mass is 32.2. The Morgan fingerprint density at radius 2 is 1.53 bits per heavy atom. The zero-order chi connectivity index (χ0) is 46.4. The number of carbonyl (C=O) groups excluding carboxylic acids is 8. The van der Waals surface area contributed by atoms with Gasteiger partial charge in [0.25, 0.3) is 17.4 Å². The molecule has 64 heavy (non-hydrogen) atoms. The molecule has 6 N–H and O–H groups in total. The van der Waals surface area contributed by atoms with E-state index < -0.39 is 83.9 Å². The zero-order valence-corrected chi connectivity index (χ0v) is 37.0. The van der Waals surface area contributed by atoms with Crippen molar-refractivity contribution in [3.63, 3.8) is 0 Å². The van der Waals surface area contributed by atoms with Crippen LogP contribution in [0.1, 0.15) is 67.5 Å². The lowest BCUT2D eigenvalue weighted by atomic mass is 9.98. The third kappa shape index (κ3) is 10.8. The van der Waals surface area contributed by atoms with Crippen molar-refractivity contribution in [3.05, 3.63) is 74.3 Å². The first kappa shape index (κ1) is 47.4. The molecule has 0 saturated carbocycles. The molecule has 19 nitrogen and oxygen atoms in total. The summed E-state index contributed by atoms with van der Waals surface area (Å²) in [6.07, 6.45) is 1.17. The van der Waals surface area contributed by atoms with E-state index in [9.17, 15) is 52.6 Å². The second-order valence-electron chi connectivity index (χ2n) is 15.3. The van der Waals surface area contributed by atoms with Crippen LogP contribution in [0.4, 0.5) is 4.39 Å². The van der Waals surface area contributed by atoms with Crippen LogP contribution in [0.3, 0.4) is 0 Å². The Balaban J connectivity index is 0.895. The number of aryl methyl sites for hydroxylation is 1. The number of pyridine rings is 2. The summed E-state index contributed by atoms with van der Waals surface area (Å²) >= 11 is 3.14. The summed E-state index contributed by atoms with van der Waals surface area (Å²) in [5.74, 6) is -3.09. The van der Waals surface area contributed by atoms with Crippen molar-refractivity contribution in [2.75, 3.05) is 30.5 Å². The number of aliphatic hydroxyl groups is 1. The van der Waals surface area contributed by atoms with Crippen molar-refractivity contribution in [1.29, 1.82) is 0 Å². The van der Waals surface area contributed by atoms with E-state index in [-0.39, 0.29) is 48.7 Å². The quantitative estimate of drug-likeness (QED) is 0.0321. The van der Waals surface area contributed by atoms with Gasteiger partial charge in [0.1, 0.15) is 30.5 Å². The molecule has 4 atom stereocenters. The fourth-order valence-corrected chi connectivity index (χ4v) is 9.03. The maximum atomic E-state index is 14.8. The number of amides is 7. The number of halogens is 1. The van der Waals surface area contributed by atoms with E-state index in [4.69, 9.17) is 9.72 Å². The number of ether oxygens (including phenoxy) is 1. The largest absolute Gasteiger partial charge is 0.458 e. The van der Waals surface area contributed by atoms with Gasteiger partial charge < -0.3 is 41.0 Å². The lowest BCUT2D eigenvalue weighted by molar-refractivity contribution is -0.157. The lowest BCUT2D eigenvalue weighted by Crippen LogP contribution is -2.55. The number of esters is 1. The van der Waals surface area contributed by atoms with Gasteiger partial charge in [-0.1, -0.05) is 0 Å². The van der Waals surface area contributed by atoms with E-state index >= 15 is 0 Å². The number of nitrogens with one attached hydrogen (secondary N) is 5. The van der Waals surface area contributed by atoms with Gasteiger partial charge in [-0.05, 0) is 68.9 Å². The Morgan fingerprint density at radius 1 is 0.875 bits per heavy atom. The smallest absolute Gasteiger partial charge is 0.340 e. The van der Waals surface area contributed by atoms with Crippen molar-refractivity contribution in [2.45, 2.75) is 83.7 Å². The van der Waals surface area contributed by atoms with Gasteiger partial charge in [0, 0.05) is 53.4 Å². The molecular weight excluding hydrogens is 876 g/mol. The number of cyclic esters (lactones) is 1. The standard InChI is InChI=1S/C42H47FN8O11S2/c1-20-12-24-28(26-16-51-31(36(26)49-30(24)14-29(20)43)13-25-27(41(51)60)17-62-42(61)37(25)56)18-63-10-5-11-64-19-45-38(57)21(2)47-40(59)23(4)48-39(58)22(3)46-33(53)15-44-32(52)8-9-50-34(54)6-7-35(50)55/h6-7,12-14,21-23,37,56H,5,8-11,15-19H2,1-4H3,(H,44,52)(H,45,57)(H,46,53)(H,47,59)(H,48,58)/t21-,22-,23-,37-/m0/s1. The van der Waals surface area contributed by atoms with Crippen molar-refractivity contribution < 1.29 is 52.6 Å². The number of benzene rings is 1. The molecular formula is C42H47FN8O11S2. The Morgan fingerprint density at radius 3 is 2.23 bits per heavy atom. The van der Waals surface area contributed by atoms with Gasteiger partial charge in [-0.2, -0.15) is 11.8 Å². The SMILES string of the molecule is Cc1cc2c(CSCCCSCNC(=O)[C@H](C)NC(=O)[C@H](C)NC(=O)[C@H](C)NC(=O)CNC(=O)CCN3C(=O)C=CC3=O)c3c(nc2cc1F)-c1cc2c(c(=O)n1C3)COC(=O)[C@H]2O. The summed E-state index contributed by atoms with van der Waals surface area (Å²) in [5, 5.41) is 23.8. The number of hydrogen-bond acceptors (Lipinski definition) is 14. The molecule has 0 unspecified atom stereocenters.